The van der Waals surface area contributed by atoms with Gasteiger partial charge in [-0.15, -0.1) is 5.92 Å². The molecule has 0 N–H and O–H groups in total. The van der Waals surface area contributed by atoms with Crippen LogP contribution in [0.2, 0.25) is 0 Å². The van der Waals surface area contributed by atoms with Crippen molar-refractivity contribution < 1.29 is 13.6 Å². The van der Waals surface area contributed by atoms with Gasteiger partial charge in [0.05, 0.1) is 18.5 Å². The Bertz CT molecular complexity index is 488. The van der Waals surface area contributed by atoms with Crippen molar-refractivity contribution in [2.24, 2.45) is 0 Å². The van der Waals surface area contributed by atoms with E-state index in [0.717, 1.165) is 12.8 Å². The summed E-state index contributed by atoms with van der Waals surface area (Å²) in [6, 6.07) is 7.30. The average Bonchev–Trinajstić information content (AvgIpc) is 2.44. The van der Waals surface area contributed by atoms with Crippen LogP contribution >= 0.6 is 7.60 Å². The van der Waals surface area contributed by atoms with E-state index in [1.165, 1.54) is 0 Å². The number of benzene rings is 1. The molecule has 0 unspecified atom stereocenters. The third-order valence-electron chi connectivity index (χ3n) is 2.39. The minimum atomic E-state index is -3.27. The molecule has 0 fully saturated rings. The first kappa shape index (κ1) is 16.0. The number of hydrogen-bond donors (Lipinski definition) is 0. The molecule has 1 aromatic carbocycles. The smallest absolute Gasteiger partial charge is 0.305 e. The Balaban J connectivity index is 3.15. The van der Waals surface area contributed by atoms with Gasteiger partial charge in [0.1, 0.15) is 0 Å². The van der Waals surface area contributed by atoms with Gasteiger partial charge in [0.2, 0.25) is 0 Å². The summed E-state index contributed by atoms with van der Waals surface area (Å²) in [5, 5.41) is 0.561. The maximum absolute atomic E-state index is 12.9. The second-order valence-electron chi connectivity index (χ2n) is 4.06. The van der Waals surface area contributed by atoms with Crippen LogP contribution in [0, 0.1) is 11.8 Å². The van der Waals surface area contributed by atoms with Gasteiger partial charge in [-0.25, -0.2) is 0 Å². The molecule has 0 bridgehead atoms. The predicted octanol–water partition coefficient (Wildman–Crippen LogP) is 3.73. The normalized spacial score (nSPS) is 10.9. The second kappa shape index (κ2) is 8.17. The Morgan fingerprint density at radius 3 is 2.21 bits per heavy atom. The SMILES string of the molecule is CC#Cc1ccccc1P(=O)(OCCC)OCCC. The minimum Gasteiger partial charge on any atom is -0.305 e. The van der Waals surface area contributed by atoms with Crippen LogP contribution in [0.5, 0.6) is 0 Å². The molecule has 0 heterocycles. The summed E-state index contributed by atoms with van der Waals surface area (Å²) >= 11 is 0. The lowest BCUT2D eigenvalue weighted by molar-refractivity contribution is 0.213. The summed E-state index contributed by atoms with van der Waals surface area (Å²) in [5.74, 6) is 5.78. The van der Waals surface area contributed by atoms with E-state index in [9.17, 15) is 4.57 Å². The van der Waals surface area contributed by atoms with Crippen molar-refractivity contribution in [2.45, 2.75) is 33.6 Å². The molecule has 0 aliphatic rings. The van der Waals surface area contributed by atoms with Crippen molar-refractivity contribution in [1.82, 2.24) is 0 Å². The van der Waals surface area contributed by atoms with E-state index in [0.29, 0.717) is 24.1 Å². The largest absolute Gasteiger partial charge is 0.362 e. The zero-order chi connectivity index (χ0) is 14.1. The molecule has 0 saturated heterocycles. The molecule has 0 atom stereocenters. The monoisotopic (exact) mass is 280 g/mol. The number of rotatable bonds is 7. The molecule has 0 aliphatic carbocycles. The molecule has 1 rings (SSSR count). The van der Waals surface area contributed by atoms with E-state index < -0.39 is 7.60 Å². The van der Waals surface area contributed by atoms with Gasteiger partial charge in [-0.3, -0.25) is 4.57 Å². The molecular formula is C15H21O3P. The predicted molar refractivity (Wildman–Crippen MR) is 78.7 cm³/mol. The third kappa shape index (κ3) is 4.51. The van der Waals surface area contributed by atoms with Crippen LogP contribution in [0.4, 0.5) is 0 Å². The Hall–Kier alpha value is -1.07. The van der Waals surface area contributed by atoms with Crippen LogP contribution in [-0.2, 0) is 13.6 Å². The topological polar surface area (TPSA) is 35.5 Å². The zero-order valence-corrected chi connectivity index (χ0v) is 12.7. The van der Waals surface area contributed by atoms with Gasteiger partial charge >= 0.3 is 7.60 Å². The summed E-state index contributed by atoms with van der Waals surface area (Å²) in [7, 11) is -3.27. The molecule has 0 saturated carbocycles. The van der Waals surface area contributed by atoms with E-state index in [2.05, 4.69) is 11.8 Å². The van der Waals surface area contributed by atoms with Crippen molar-refractivity contribution in [3.8, 4) is 11.8 Å². The molecule has 0 amide bonds. The van der Waals surface area contributed by atoms with Gasteiger partial charge < -0.3 is 9.05 Å². The van der Waals surface area contributed by atoms with Crippen LogP contribution in [-0.4, -0.2) is 13.2 Å². The molecule has 104 valence electrons. The van der Waals surface area contributed by atoms with E-state index in [1.807, 2.05) is 32.0 Å². The van der Waals surface area contributed by atoms with E-state index in [-0.39, 0.29) is 0 Å². The molecule has 0 aliphatic heterocycles. The van der Waals surface area contributed by atoms with Crippen molar-refractivity contribution >= 4 is 12.9 Å². The van der Waals surface area contributed by atoms with Gasteiger partial charge in [-0.05, 0) is 31.9 Å². The Kier molecular flexibility index (Phi) is 6.87. The molecule has 0 aromatic heterocycles. The van der Waals surface area contributed by atoms with Crippen molar-refractivity contribution in [3.63, 3.8) is 0 Å². The average molecular weight is 280 g/mol. The fourth-order valence-electron chi connectivity index (χ4n) is 1.55. The van der Waals surface area contributed by atoms with Crippen molar-refractivity contribution in [3.05, 3.63) is 29.8 Å². The standard InChI is InChI=1S/C15H21O3P/c1-4-9-14-10-7-8-11-15(14)19(16,17-12-5-2)18-13-6-3/h7-8,10-11H,5-6,12-13H2,1-3H3. The van der Waals surface area contributed by atoms with Gasteiger partial charge in [0, 0.05) is 5.56 Å². The van der Waals surface area contributed by atoms with Crippen LogP contribution in [0.15, 0.2) is 24.3 Å². The Morgan fingerprint density at radius 2 is 1.68 bits per heavy atom. The molecule has 3 nitrogen and oxygen atoms in total. The van der Waals surface area contributed by atoms with E-state index >= 15 is 0 Å². The molecule has 4 heteroatoms. The van der Waals surface area contributed by atoms with Gasteiger partial charge in [-0.1, -0.05) is 31.9 Å². The highest BCUT2D eigenvalue weighted by atomic mass is 31.2. The number of hydrogen-bond acceptors (Lipinski definition) is 3. The maximum Gasteiger partial charge on any atom is 0.362 e. The molecule has 0 spiro atoms. The Labute approximate surface area is 115 Å². The first-order valence-corrected chi connectivity index (χ1v) is 8.13. The van der Waals surface area contributed by atoms with Crippen LogP contribution in [0.1, 0.15) is 39.2 Å². The summed E-state index contributed by atoms with van der Waals surface area (Å²) in [4.78, 5) is 0. The highest BCUT2D eigenvalue weighted by Crippen LogP contribution is 2.48. The fraction of sp³-hybridized carbons (Fsp3) is 0.467. The van der Waals surface area contributed by atoms with E-state index in [4.69, 9.17) is 9.05 Å². The lowest BCUT2D eigenvalue weighted by atomic mass is 10.2. The minimum absolute atomic E-state index is 0.412. The van der Waals surface area contributed by atoms with E-state index in [1.54, 1.807) is 13.0 Å². The van der Waals surface area contributed by atoms with Crippen molar-refractivity contribution in [1.29, 1.82) is 0 Å². The first-order valence-electron chi connectivity index (χ1n) is 6.59. The second-order valence-corrected chi connectivity index (χ2v) is 6.05. The summed E-state index contributed by atoms with van der Waals surface area (Å²) in [6.45, 7) is 6.52. The molecular weight excluding hydrogens is 259 g/mol. The fourth-order valence-corrected chi connectivity index (χ4v) is 3.44. The third-order valence-corrected chi connectivity index (χ3v) is 4.41. The van der Waals surface area contributed by atoms with Crippen molar-refractivity contribution in [2.75, 3.05) is 13.2 Å². The first-order chi connectivity index (χ1) is 9.18. The zero-order valence-electron chi connectivity index (χ0n) is 11.8. The van der Waals surface area contributed by atoms with Crippen LogP contribution in [0.3, 0.4) is 0 Å². The lowest BCUT2D eigenvalue weighted by Crippen LogP contribution is -2.14. The molecule has 0 radical (unpaired) electrons. The van der Waals surface area contributed by atoms with Gasteiger partial charge in [0.15, 0.2) is 0 Å². The summed E-state index contributed by atoms with van der Waals surface area (Å²) in [6.07, 6.45) is 1.59. The van der Waals surface area contributed by atoms with Crippen LogP contribution in [0.25, 0.3) is 0 Å². The lowest BCUT2D eigenvalue weighted by Gasteiger charge is -2.19. The highest BCUT2D eigenvalue weighted by Gasteiger charge is 2.29. The summed E-state index contributed by atoms with van der Waals surface area (Å²) < 4.78 is 24.0. The molecule has 19 heavy (non-hydrogen) atoms. The Morgan fingerprint density at radius 1 is 1.11 bits per heavy atom. The molecule has 1 aromatic rings. The maximum atomic E-state index is 12.9. The van der Waals surface area contributed by atoms with Gasteiger partial charge in [-0.2, -0.15) is 0 Å². The quantitative estimate of drug-likeness (QED) is 0.564. The highest BCUT2D eigenvalue weighted by molar-refractivity contribution is 7.62. The summed E-state index contributed by atoms with van der Waals surface area (Å²) in [5.41, 5.74) is 0.709. The van der Waals surface area contributed by atoms with Crippen LogP contribution < -0.4 is 5.30 Å². The van der Waals surface area contributed by atoms with Gasteiger partial charge in [0.25, 0.3) is 0 Å².